The van der Waals surface area contributed by atoms with Crippen LogP contribution in [0, 0.1) is 5.82 Å². The van der Waals surface area contributed by atoms with Crippen molar-refractivity contribution in [3.05, 3.63) is 66.9 Å². The lowest BCUT2D eigenvalue weighted by atomic mass is 10.1. The van der Waals surface area contributed by atoms with E-state index in [0.29, 0.717) is 40.5 Å². The lowest BCUT2D eigenvalue weighted by Gasteiger charge is -2.12. The van der Waals surface area contributed by atoms with Gasteiger partial charge < -0.3 is 15.2 Å². The summed E-state index contributed by atoms with van der Waals surface area (Å²) in [5.41, 5.74) is 7.00. The van der Waals surface area contributed by atoms with Gasteiger partial charge in [0.1, 0.15) is 17.0 Å². The molecule has 0 spiro atoms. The predicted octanol–water partition coefficient (Wildman–Crippen LogP) is 4.67. The van der Waals surface area contributed by atoms with Crippen LogP contribution < -0.4 is 5.32 Å². The Bertz CT molecular complexity index is 1660. The maximum Gasteiger partial charge on any atom is 0.159 e. The molecule has 0 bridgehead atoms. The molecule has 4 N–H and O–H groups in total. The van der Waals surface area contributed by atoms with E-state index in [4.69, 9.17) is 4.98 Å². The third-order valence-corrected chi connectivity index (χ3v) is 6.08. The quantitative estimate of drug-likeness (QED) is 0.263. The van der Waals surface area contributed by atoms with Gasteiger partial charge in [0.05, 0.1) is 22.9 Å². The largest absolute Gasteiger partial charge is 0.384 e. The van der Waals surface area contributed by atoms with Crippen LogP contribution in [0.3, 0.4) is 0 Å². The van der Waals surface area contributed by atoms with Crippen molar-refractivity contribution < 1.29 is 4.39 Å². The topological polar surface area (TPSA) is 114 Å². The van der Waals surface area contributed by atoms with E-state index in [-0.39, 0.29) is 5.82 Å². The molecule has 0 aliphatic carbocycles. The first-order valence-electron chi connectivity index (χ1n) is 11.6. The van der Waals surface area contributed by atoms with Crippen molar-refractivity contribution in [2.75, 3.05) is 32.5 Å². The highest BCUT2D eigenvalue weighted by Gasteiger charge is 2.17. The van der Waals surface area contributed by atoms with Crippen LogP contribution >= 0.6 is 0 Å². The summed E-state index contributed by atoms with van der Waals surface area (Å²) >= 11 is 0. The van der Waals surface area contributed by atoms with Gasteiger partial charge in [-0.25, -0.2) is 9.37 Å². The number of likely N-dealkylation sites (N-methyl/N-ethyl adjacent to an activating group) is 1. The third-order valence-electron chi connectivity index (χ3n) is 6.08. The number of anilines is 1. The van der Waals surface area contributed by atoms with E-state index in [9.17, 15) is 4.39 Å². The highest BCUT2D eigenvalue weighted by molar-refractivity contribution is 5.97. The van der Waals surface area contributed by atoms with E-state index in [2.05, 4.69) is 46.6 Å². The van der Waals surface area contributed by atoms with Crippen LogP contribution in [0.25, 0.3) is 55.8 Å². The Morgan fingerprint density at radius 3 is 2.72 bits per heavy atom. The van der Waals surface area contributed by atoms with Crippen molar-refractivity contribution in [3.8, 4) is 33.9 Å². The minimum absolute atomic E-state index is 0.334. The zero-order valence-corrected chi connectivity index (χ0v) is 19.8. The number of benzene rings is 2. The first-order chi connectivity index (χ1) is 17.5. The van der Waals surface area contributed by atoms with E-state index >= 15 is 0 Å². The van der Waals surface area contributed by atoms with Gasteiger partial charge in [0.25, 0.3) is 0 Å². The van der Waals surface area contributed by atoms with Crippen LogP contribution in [0.4, 0.5) is 10.1 Å². The van der Waals surface area contributed by atoms with Crippen LogP contribution in [-0.4, -0.2) is 67.4 Å². The molecule has 0 amide bonds. The maximum absolute atomic E-state index is 14.5. The monoisotopic (exact) mass is 481 g/mol. The van der Waals surface area contributed by atoms with Crippen molar-refractivity contribution in [2.24, 2.45) is 0 Å². The molecule has 0 atom stereocenters. The molecular formula is C26H24FN9. The minimum atomic E-state index is -0.334. The zero-order chi connectivity index (χ0) is 24.6. The predicted molar refractivity (Wildman–Crippen MR) is 139 cm³/mol. The summed E-state index contributed by atoms with van der Waals surface area (Å²) in [6.45, 7) is 1.54. The molecule has 6 aromatic rings. The molecule has 4 aromatic heterocycles. The molecule has 10 heteroatoms. The van der Waals surface area contributed by atoms with Gasteiger partial charge in [0.2, 0.25) is 0 Å². The van der Waals surface area contributed by atoms with Crippen molar-refractivity contribution >= 4 is 27.6 Å². The van der Waals surface area contributed by atoms with Crippen LogP contribution in [0.2, 0.25) is 0 Å². The van der Waals surface area contributed by atoms with Crippen molar-refractivity contribution in [1.29, 1.82) is 0 Å². The maximum atomic E-state index is 14.5. The molecule has 0 aliphatic heterocycles. The van der Waals surface area contributed by atoms with Crippen LogP contribution in [-0.2, 0) is 0 Å². The van der Waals surface area contributed by atoms with Crippen LogP contribution in [0.5, 0.6) is 0 Å². The number of pyridine rings is 1. The summed E-state index contributed by atoms with van der Waals surface area (Å²) in [6, 6.07) is 12.8. The Kier molecular flexibility index (Phi) is 5.42. The van der Waals surface area contributed by atoms with E-state index in [1.165, 1.54) is 12.1 Å². The van der Waals surface area contributed by atoms with Crippen molar-refractivity contribution in [2.45, 2.75) is 0 Å². The number of fused-ring (bicyclic) bond motifs is 2. The van der Waals surface area contributed by atoms with Gasteiger partial charge in [-0.2, -0.15) is 10.2 Å². The van der Waals surface area contributed by atoms with Crippen LogP contribution in [0.15, 0.2) is 61.1 Å². The van der Waals surface area contributed by atoms with Crippen molar-refractivity contribution in [3.63, 3.8) is 0 Å². The second-order valence-electron chi connectivity index (χ2n) is 8.92. The lowest BCUT2D eigenvalue weighted by molar-refractivity contribution is 0.425. The summed E-state index contributed by atoms with van der Waals surface area (Å²) in [6.07, 6.45) is 5.33. The molecule has 0 saturated heterocycles. The number of aromatic nitrogens is 7. The summed E-state index contributed by atoms with van der Waals surface area (Å²) in [5.74, 6) is 0.273. The van der Waals surface area contributed by atoms with E-state index in [1.54, 1.807) is 12.4 Å². The molecule has 0 aliphatic rings. The lowest BCUT2D eigenvalue weighted by Crippen LogP contribution is -2.20. The number of nitrogens with one attached hydrogen (secondary N) is 4. The van der Waals surface area contributed by atoms with E-state index in [0.717, 1.165) is 34.1 Å². The molecule has 0 radical (unpaired) electrons. The van der Waals surface area contributed by atoms with Gasteiger partial charge in [0.15, 0.2) is 5.82 Å². The molecule has 0 unspecified atom stereocenters. The highest BCUT2D eigenvalue weighted by atomic mass is 19.1. The SMILES string of the molecule is CN(C)CCNc1cc(F)cc(-c2nccc3[nH]c(-c4n[nH]c5ccc(-c6cn[nH]c6)cc45)nc23)c1. The van der Waals surface area contributed by atoms with Crippen LogP contribution in [0.1, 0.15) is 0 Å². The molecule has 4 heterocycles. The second-order valence-corrected chi connectivity index (χ2v) is 8.92. The smallest absolute Gasteiger partial charge is 0.159 e. The minimum Gasteiger partial charge on any atom is -0.384 e. The number of aromatic amines is 3. The number of halogens is 1. The second kappa shape index (κ2) is 8.90. The Labute approximate surface area is 205 Å². The van der Waals surface area contributed by atoms with Gasteiger partial charge >= 0.3 is 0 Å². The molecule has 2 aromatic carbocycles. The standard InChI is InChI=1S/C26H24FN9/c1-36(2)8-7-28-19-10-16(9-18(27)12-19)23-25-22(5-6-29-23)32-26(33-25)24-20-11-15(17-13-30-31-14-17)3-4-21(20)34-35-24/h3-6,9-14,28H,7-8H2,1-2H3,(H,30,31)(H,32,33)(H,34,35). The molecule has 9 nitrogen and oxygen atoms in total. The molecule has 36 heavy (non-hydrogen) atoms. The summed E-state index contributed by atoms with van der Waals surface area (Å²) in [4.78, 5) is 14.8. The van der Waals surface area contributed by atoms with Gasteiger partial charge in [-0.15, -0.1) is 0 Å². The number of hydrogen-bond acceptors (Lipinski definition) is 6. The van der Waals surface area contributed by atoms with Gasteiger partial charge in [0, 0.05) is 47.7 Å². The Morgan fingerprint density at radius 2 is 1.89 bits per heavy atom. The molecule has 180 valence electrons. The van der Waals surface area contributed by atoms with E-state index in [1.807, 2.05) is 44.6 Å². The number of rotatable bonds is 7. The number of H-pyrrole nitrogens is 3. The molecular weight excluding hydrogens is 457 g/mol. The normalized spacial score (nSPS) is 11.7. The Morgan fingerprint density at radius 1 is 0.972 bits per heavy atom. The number of imidazole rings is 1. The average Bonchev–Trinajstić information content (AvgIpc) is 3.62. The number of hydrogen-bond donors (Lipinski definition) is 4. The van der Waals surface area contributed by atoms with Gasteiger partial charge in [-0.05, 0) is 56.1 Å². The summed E-state index contributed by atoms with van der Waals surface area (Å²) in [5, 5.41) is 18.7. The third kappa shape index (κ3) is 4.07. The first kappa shape index (κ1) is 21.9. The first-order valence-corrected chi connectivity index (χ1v) is 11.6. The van der Waals surface area contributed by atoms with E-state index < -0.39 is 0 Å². The molecule has 6 rings (SSSR count). The summed E-state index contributed by atoms with van der Waals surface area (Å²) < 4.78 is 14.5. The fourth-order valence-corrected chi connectivity index (χ4v) is 4.29. The zero-order valence-electron chi connectivity index (χ0n) is 19.8. The average molecular weight is 482 g/mol. The van der Waals surface area contributed by atoms with Gasteiger partial charge in [-0.3, -0.25) is 15.2 Å². The van der Waals surface area contributed by atoms with Gasteiger partial charge in [-0.1, -0.05) is 6.07 Å². The Balaban J connectivity index is 1.41. The molecule has 0 saturated carbocycles. The fraction of sp³-hybridized carbons (Fsp3) is 0.154. The number of nitrogens with zero attached hydrogens (tertiary/aromatic N) is 5. The molecule has 0 fully saturated rings. The fourth-order valence-electron chi connectivity index (χ4n) is 4.29. The van der Waals surface area contributed by atoms with Crippen molar-refractivity contribution in [1.82, 2.24) is 40.2 Å². The summed E-state index contributed by atoms with van der Waals surface area (Å²) in [7, 11) is 4.00. The highest BCUT2D eigenvalue weighted by Crippen LogP contribution is 2.33. The Hall–Kier alpha value is -4.57.